The average molecular weight is 335 g/mol. The molecule has 0 aliphatic heterocycles. The van der Waals surface area contributed by atoms with Crippen LogP contribution in [0.3, 0.4) is 0 Å². The SMILES string of the molecule is CCc1cccc2c(C(=O)[C@H]([NH2+][C@@H](C)CC)c3ccccc3)c[nH]c12. The molecule has 25 heavy (non-hydrogen) atoms. The number of benzene rings is 2. The Bertz CT molecular complexity index is 851. The number of nitrogens with one attached hydrogen (secondary N) is 1. The Hall–Kier alpha value is -2.39. The minimum absolute atomic E-state index is 0.172. The number of aromatic nitrogens is 1. The summed E-state index contributed by atoms with van der Waals surface area (Å²) in [4.78, 5) is 16.7. The molecule has 0 saturated heterocycles. The Morgan fingerprint density at radius 3 is 2.52 bits per heavy atom. The molecule has 0 radical (unpaired) electrons. The van der Waals surface area contributed by atoms with Gasteiger partial charge in [-0.05, 0) is 25.3 Å². The maximum atomic E-state index is 13.4. The van der Waals surface area contributed by atoms with Crippen LogP contribution in [0.2, 0.25) is 0 Å². The Morgan fingerprint density at radius 1 is 1.08 bits per heavy atom. The smallest absolute Gasteiger partial charge is 0.226 e. The Balaban J connectivity index is 2.03. The molecular weight excluding hydrogens is 308 g/mol. The molecule has 130 valence electrons. The molecule has 2 aromatic carbocycles. The van der Waals surface area contributed by atoms with Crippen LogP contribution in [0.4, 0.5) is 0 Å². The number of H-pyrrole nitrogens is 1. The van der Waals surface area contributed by atoms with Gasteiger partial charge in [0.2, 0.25) is 5.78 Å². The minimum Gasteiger partial charge on any atom is -0.360 e. The van der Waals surface area contributed by atoms with Crippen molar-refractivity contribution in [3.05, 3.63) is 71.4 Å². The Kier molecular flexibility index (Phi) is 5.34. The van der Waals surface area contributed by atoms with E-state index in [1.165, 1.54) is 5.56 Å². The summed E-state index contributed by atoms with van der Waals surface area (Å²) >= 11 is 0. The molecule has 0 amide bonds. The second-order valence-corrected chi connectivity index (χ2v) is 6.73. The highest BCUT2D eigenvalue weighted by Gasteiger charge is 2.28. The number of carbonyl (C=O) groups excluding carboxylic acids is 1. The van der Waals surface area contributed by atoms with Crippen molar-refractivity contribution in [2.75, 3.05) is 0 Å². The van der Waals surface area contributed by atoms with E-state index in [0.717, 1.165) is 34.9 Å². The van der Waals surface area contributed by atoms with Crippen LogP contribution in [0.1, 0.15) is 54.7 Å². The summed E-state index contributed by atoms with van der Waals surface area (Å²) in [6, 6.07) is 16.5. The third-order valence-electron chi connectivity index (χ3n) is 5.05. The third-order valence-corrected chi connectivity index (χ3v) is 5.05. The van der Waals surface area contributed by atoms with Crippen LogP contribution in [0.15, 0.2) is 54.7 Å². The van der Waals surface area contributed by atoms with E-state index >= 15 is 0 Å². The number of quaternary nitrogens is 1. The van der Waals surface area contributed by atoms with Gasteiger partial charge in [-0.25, -0.2) is 0 Å². The Labute approximate surface area is 149 Å². The zero-order valence-corrected chi connectivity index (χ0v) is 15.3. The monoisotopic (exact) mass is 335 g/mol. The van der Waals surface area contributed by atoms with Gasteiger partial charge in [0.25, 0.3) is 0 Å². The molecule has 3 nitrogen and oxygen atoms in total. The summed E-state index contributed by atoms with van der Waals surface area (Å²) in [5.74, 6) is 0.172. The molecule has 1 aromatic heterocycles. The highest BCUT2D eigenvalue weighted by atomic mass is 16.1. The van der Waals surface area contributed by atoms with Crippen molar-refractivity contribution in [3.8, 4) is 0 Å². The van der Waals surface area contributed by atoms with Crippen molar-refractivity contribution in [1.29, 1.82) is 0 Å². The molecule has 0 spiro atoms. The van der Waals surface area contributed by atoms with Gasteiger partial charge in [-0.15, -0.1) is 0 Å². The highest BCUT2D eigenvalue weighted by Crippen LogP contribution is 2.25. The number of aromatic amines is 1. The lowest BCUT2D eigenvalue weighted by Crippen LogP contribution is -2.91. The van der Waals surface area contributed by atoms with E-state index in [4.69, 9.17) is 0 Å². The van der Waals surface area contributed by atoms with E-state index < -0.39 is 0 Å². The van der Waals surface area contributed by atoms with Crippen molar-refractivity contribution in [2.45, 2.75) is 45.7 Å². The van der Waals surface area contributed by atoms with Crippen LogP contribution < -0.4 is 5.32 Å². The fourth-order valence-electron chi connectivity index (χ4n) is 3.36. The summed E-state index contributed by atoms with van der Waals surface area (Å²) in [6.07, 6.45) is 3.86. The number of nitrogens with two attached hydrogens (primary N) is 1. The number of hydrogen-bond acceptors (Lipinski definition) is 1. The van der Waals surface area contributed by atoms with Gasteiger partial charge in [0.05, 0.1) is 6.04 Å². The van der Waals surface area contributed by atoms with Gasteiger partial charge < -0.3 is 10.3 Å². The fraction of sp³-hybridized carbons (Fsp3) is 0.318. The molecule has 3 heteroatoms. The lowest BCUT2D eigenvalue weighted by molar-refractivity contribution is -0.711. The largest absolute Gasteiger partial charge is 0.360 e. The zero-order chi connectivity index (χ0) is 17.8. The second-order valence-electron chi connectivity index (χ2n) is 6.73. The van der Waals surface area contributed by atoms with Crippen molar-refractivity contribution in [1.82, 2.24) is 4.98 Å². The van der Waals surface area contributed by atoms with E-state index in [1.807, 2.05) is 48.7 Å². The van der Waals surface area contributed by atoms with Gasteiger partial charge in [0, 0.05) is 28.2 Å². The molecule has 3 rings (SSSR count). The molecular formula is C22H27N2O+. The van der Waals surface area contributed by atoms with Crippen molar-refractivity contribution < 1.29 is 10.1 Å². The van der Waals surface area contributed by atoms with Crippen LogP contribution in [0.5, 0.6) is 0 Å². The van der Waals surface area contributed by atoms with Crippen LogP contribution in [-0.4, -0.2) is 16.8 Å². The molecule has 2 atom stereocenters. The highest BCUT2D eigenvalue weighted by molar-refractivity contribution is 6.10. The first-order valence-electron chi connectivity index (χ1n) is 9.18. The first-order chi connectivity index (χ1) is 12.2. The molecule has 1 heterocycles. The summed E-state index contributed by atoms with van der Waals surface area (Å²) < 4.78 is 0. The first-order valence-corrected chi connectivity index (χ1v) is 9.18. The van der Waals surface area contributed by atoms with E-state index in [0.29, 0.717) is 6.04 Å². The fourth-order valence-corrected chi connectivity index (χ4v) is 3.36. The van der Waals surface area contributed by atoms with Crippen LogP contribution in [0, 0.1) is 0 Å². The quantitative estimate of drug-likeness (QED) is 0.630. The molecule has 0 fully saturated rings. The summed E-state index contributed by atoms with van der Waals surface area (Å²) in [6.45, 7) is 6.47. The van der Waals surface area contributed by atoms with Gasteiger partial charge in [-0.1, -0.05) is 62.4 Å². The normalized spacial score (nSPS) is 13.7. The number of aryl methyl sites for hydroxylation is 1. The molecule has 0 saturated carbocycles. The summed E-state index contributed by atoms with van der Waals surface area (Å²) in [5, 5.41) is 3.23. The van der Waals surface area contributed by atoms with E-state index in [9.17, 15) is 4.79 Å². The van der Waals surface area contributed by atoms with E-state index in [-0.39, 0.29) is 11.8 Å². The number of hydrogen-bond donors (Lipinski definition) is 2. The first kappa shape index (κ1) is 17.4. The van der Waals surface area contributed by atoms with Gasteiger partial charge in [0.15, 0.2) is 6.04 Å². The second kappa shape index (κ2) is 7.66. The molecule has 3 aromatic rings. The maximum absolute atomic E-state index is 13.4. The molecule has 3 N–H and O–H groups in total. The number of para-hydroxylation sites is 1. The third kappa shape index (κ3) is 3.52. The predicted octanol–water partition coefficient (Wildman–Crippen LogP) is 4.02. The molecule has 0 aliphatic rings. The summed E-state index contributed by atoms with van der Waals surface area (Å²) in [5.41, 5.74) is 4.19. The number of carbonyl (C=O) groups is 1. The van der Waals surface area contributed by atoms with Crippen LogP contribution >= 0.6 is 0 Å². The van der Waals surface area contributed by atoms with E-state index in [1.54, 1.807) is 0 Å². The number of rotatable bonds is 7. The van der Waals surface area contributed by atoms with E-state index in [2.05, 4.69) is 37.1 Å². The van der Waals surface area contributed by atoms with Gasteiger partial charge in [-0.3, -0.25) is 4.79 Å². The Morgan fingerprint density at radius 2 is 1.84 bits per heavy atom. The molecule has 0 aliphatic carbocycles. The van der Waals surface area contributed by atoms with Gasteiger partial charge in [-0.2, -0.15) is 0 Å². The predicted molar refractivity (Wildman–Crippen MR) is 103 cm³/mol. The number of Topliss-reactive ketones (excluding diaryl/α,β-unsaturated/α-hetero) is 1. The van der Waals surface area contributed by atoms with Crippen LogP contribution in [-0.2, 0) is 6.42 Å². The maximum Gasteiger partial charge on any atom is 0.226 e. The standard InChI is InChI=1S/C22H26N2O/c1-4-15(3)24-21(17-10-7-6-8-11-17)22(25)19-14-23-20-16(5-2)12-9-13-18(19)20/h6-15,21,23-24H,4-5H2,1-3H3/p+1/t15-,21+/m0/s1. The van der Waals surface area contributed by atoms with Crippen LogP contribution in [0.25, 0.3) is 10.9 Å². The molecule has 0 bridgehead atoms. The van der Waals surface area contributed by atoms with Crippen molar-refractivity contribution >= 4 is 16.7 Å². The topological polar surface area (TPSA) is 49.5 Å². The minimum atomic E-state index is -0.208. The van der Waals surface area contributed by atoms with Gasteiger partial charge in [0.1, 0.15) is 0 Å². The lowest BCUT2D eigenvalue weighted by atomic mass is 9.95. The summed E-state index contributed by atoms with van der Waals surface area (Å²) in [7, 11) is 0. The lowest BCUT2D eigenvalue weighted by Gasteiger charge is -2.18. The average Bonchev–Trinajstić information content (AvgIpc) is 3.10. The molecule has 0 unspecified atom stereocenters. The van der Waals surface area contributed by atoms with Crippen molar-refractivity contribution in [2.24, 2.45) is 0 Å². The number of fused-ring (bicyclic) bond motifs is 1. The number of ketones is 1. The van der Waals surface area contributed by atoms with Crippen molar-refractivity contribution in [3.63, 3.8) is 0 Å². The van der Waals surface area contributed by atoms with Gasteiger partial charge >= 0.3 is 0 Å². The zero-order valence-electron chi connectivity index (χ0n) is 15.3.